The largest absolute Gasteiger partial charge is 0.414 e. The lowest BCUT2D eigenvalue weighted by molar-refractivity contribution is -0.224. The fourth-order valence-corrected chi connectivity index (χ4v) is 0.766. The summed E-state index contributed by atoms with van der Waals surface area (Å²) in [7, 11) is 0. The normalized spacial score (nSPS) is 13.8. The third-order valence-electron chi connectivity index (χ3n) is 2.01. The number of rotatable bonds is 6. The lowest BCUT2D eigenvalue weighted by atomic mass is 10.1. The van der Waals surface area contributed by atoms with Crippen molar-refractivity contribution in [1.82, 2.24) is 0 Å². The minimum Gasteiger partial charge on any atom is -0.315 e. The van der Waals surface area contributed by atoms with Crippen LogP contribution >= 0.6 is 0 Å². The molecule has 0 saturated heterocycles. The van der Waals surface area contributed by atoms with Crippen LogP contribution in [0.25, 0.3) is 0 Å². The Morgan fingerprint density at radius 3 is 2.20 bits per heavy atom. The highest BCUT2D eigenvalue weighted by Crippen LogP contribution is 2.30. The van der Waals surface area contributed by atoms with E-state index in [-0.39, 0.29) is 12.3 Å². The van der Waals surface area contributed by atoms with Gasteiger partial charge in [-0.15, -0.1) is 0 Å². The lowest BCUT2D eigenvalue weighted by Gasteiger charge is -2.15. The van der Waals surface area contributed by atoms with E-state index in [1.807, 2.05) is 6.92 Å². The van der Waals surface area contributed by atoms with Gasteiger partial charge in [0, 0.05) is 0 Å². The molecule has 0 saturated carbocycles. The summed E-state index contributed by atoms with van der Waals surface area (Å²) >= 11 is 0. The molecule has 0 fully saturated rings. The Labute approximate surface area is 84.9 Å². The standard InChI is InChI=1S/C9H13F5O/c1-3-6(2)4-5-15-9(13,14)7(10)8(11)12/h6H,3-5H2,1-2H3. The molecule has 0 aliphatic heterocycles. The highest BCUT2D eigenvalue weighted by atomic mass is 19.3. The number of halogens is 5. The Hall–Kier alpha value is -0.650. The van der Waals surface area contributed by atoms with Gasteiger partial charge < -0.3 is 4.74 Å². The fraction of sp³-hybridized carbons (Fsp3) is 0.778. The van der Waals surface area contributed by atoms with Crippen molar-refractivity contribution < 1.29 is 26.7 Å². The van der Waals surface area contributed by atoms with Gasteiger partial charge in [0.25, 0.3) is 5.83 Å². The second-order valence-electron chi connectivity index (χ2n) is 3.24. The van der Waals surface area contributed by atoms with Crippen molar-refractivity contribution in [2.75, 3.05) is 6.61 Å². The first-order valence-electron chi connectivity index (χ1n) is 4.54. The molecule has 1 unspecified atom stereocenters. The van der Waals surface area contributed by atoms with E-state index >= 15 is 0 Å². The predicted octanol–water partition coefficient (Wildman–Crippen LogP) is 4.11. The average molecular weight is 232 g/mol. The minimum absolute atomic E-state index is 0.128. The number of hydrogen-bond acceptors (Lipinski definition) is 1. The van der Waals surface area contributed by atoms with Gasteiger partial charge in [0.1, 0.15) is 0 Å². The van der Waals surface area contributed by atoms with Crippen molar-refractivity contribution in [1.29, 1.82) is 0 Å². The zero-order chi connectivity index (χ0) is 12.1. The van der Waals surface area contributed by atoms with Crippen molar-refractivity contribution in [2.45, 2.75) is 32.8 Å². The van der Waals surface area contributed by atoms with E-state index < -0.39 is 24.6 Å². The SMILES string of the molecule is CCC(C)CCOC(F)(F)C(F)=C(F)F. The van der Waals surface area contributed by atoms with E-state index in [0.29, 0.717) is 0 Å². The van der Waals surface area contributed by atoms with Crippen LogP contribution in [-0.4, -0.2) is 12.7 Å². The van der Waals surface area contributed by atoms with E-state index in [2.05, 4.69) is 4.74 Å². The summed E-state index contributed by atoms with van der Waals surface area (Å²) in [6.45, 7) is 3.19. The molecule has 0 aliphatic carbocycles. The Bertz CT molecular complexity index is 223. The van der Waals surface area contributed by atoms with Gasteiger partial charge >= 0.3 is 12.2 Å². The molecule has 0 spiro atoms. The molecule has 6 heteroatoms. The maximum Gasteiger partial charge on any atom is 0.414 e. The molecule has 0 heterocycles. The topological polar surface area (TPSA) is 9.23 Å². The maximum atomic E-state index is 12.5. The lowest BCUT2D eigenvalue weighted by Crippen LogP contribution is -2.23. The highest BCUT2D eigenvalue weighted by molar-refractivity contribution is 4.99. The van der Waals surface area contributed by atoms with E-state index in [1.165, 1.54) is 0 Å². The van der Waals surface area contributed by atoms with Crippen LogP contribution in [0.15, 0.2) is 11.9 Å². The summed E-state index contributed by atoms with van der Waals surface area (Å²) in [4.78, 5) is 0. The third-order valence-corrected chi connectivity index (χ3v) is 2.01. The zero-order valence-corrected chi connectivity index (χ0v) is 8.50. The smallest absolute Gasteiger partial charge is 0.315 e. The molecule has 0 rings (SSSR count). The monoisotopic (exact) mass is 232 g/mol. The molecule has 0 aromatic carbocycles. The number of alkyl halides is 2. The Balaban J connectivity index is 4.11. The van der Waals surface area contributed by atoms with Gasteiger partial charge in [-0.05, 0) is 12.3 Å². The van der Waals surface area contributed by atoms with E-state index in [9.17, 15) is 22.0 Å². The molecular formula is C9H13F5O. The summed E-state index contributed by atoms with van der Waals surface area (Å²) in [5.41, 5.74) is 0. The highest BCUT2D eigenvalue weighted by Gasteiger charge is 2.40. The van der Waals surface area contributed by atoms with Crippen LogP contribution in [-0.2, 0) is 4.74 Å². The number of hydrogen-bond donors (Lipinski definition) is 0. The fourth-order valence-electron chi connectivity index (χ4n) is 0.766. The van der Waals surface area contributed by atoms with E-state index in [0.717, 1.165) is 6.42 Å². The zero-order valence-electron chi connectivity index (χ0n) is 8.50. The summed E-state index contributed by atoms with van der Waals surface area (Å²) in [6, 6.07) is 0. The van der Waals surface area contributed by atoms with Gasteiger partial charge in [-0.25, -0.2) is 0 Å². The summed E-state index contributed by atoms with van der Waals surface area (Å²) in [5, 5.41) is 0. The van der Waals surface area contributed by atoms with Gasteiger partial charge in [-0.3, -0.25) is 0 Å². The second-order valence-corrected chi connectivity index (χ2v) is 3.24. The first-order chi connectivity index (χ1) is 6.81. The van der Waals surface area contributed by atoms with Crippen LogP contribution in [0.2, 0.25) is 0 Å². The van der Waals surface area contributed by atoms with Crippen molar-refractivity contribution >= 4 is 0 Å². The van der Waals surface area contributed by atoms with Crippen molar-refractivity contribution in [3.05, 3.63) is 11.9 Å². The Kier molecular flexibility index (Phi) is 5.79. The van der Waals surface area contributed by atoms with Crippen LogP contribution < -0.4 is 0 Å². The first-order valence-corrected chi connectivity index (χ1v) is 4.54. The van der Waals surface area contributed by atoms with Crippen LogP contribution in [0.5, 0.6) is 0 Å². The third kappa shape index (κ3) is 5.11. The molecular weight excluding hydrogens is 219 g/mol. The molecule has 15 heavy (non-hydrogen) atoms. The summed E-state index contributed by atoms with van der Waals surface area (Å²) in [6.07, 6.45) is -6.55. The molecule has 0 N–H and O–H groups in total. The molecule has 0 radical (unpaired) electrons. The molecule has 0 aromatic heterocycles. The van der Waals surface area contributed by atoms with Gasteiger partial charge in [0.05, 0.1) is 6.61 Å². The van der Waals surface area contributed by atoms with Gasteiger partial charge in [0.15, 0.2) is 0 Å². The van der Waals surface area contributed by atoms with Gasteiger partial charge in [-0.2, -0.15) is 22.0 Å². The van der Waals surface area contributed by atoms with Crippen molar-refractivity contribution in [2.24, 2.45) is 5.92 Å². The molecule has 0 bridgehead atoms. The van der Waals surface area contributed by atoms with Gasteiger partial charge in [-0.1, -0.05) is 20.3 Å². The Morgan fingerprint density at radius 1 is 1.27 bits per heavy atom. The predicted molar refractivity (Wildman–Crippen MR) is 45.3 cm³/mol. The van der Waals surface area contributed by atoms with Gasteiger partial charge in [0.2, 0.25) is 0 Å². The van der Waals surface area contributed by atoms with Crippen molar-refractivity contribution in [3.8, 4) is 0 Å². The molecule has 0 aliphatic rings. The summed E-state index contributed by atoms with van der Waals surface area (Å²) in [5.74, 6) is -2.69. The second kappa shape index (κ2) is 6.05. The van der Waals surface area contributed by atoms with E-state index in [4.69, 9.17) is 0 Å². The molecule has 1 nitrogen and oxygen atoms in total. The quantitative estimate of drug-likeness (QED) is 0.626. The Morgan fingerprint density at radius 2 is 1.80 bits per heavy atom. The minimum atomic E-state index is -4.52. The first kappa shape index (κ1) is 14.3. The molecule has 0 amide bonds. The van der Waals surface area contributed by atoms with Crippen LogP contribution in [0.1, 0.15) is 26.7 Å². The molecule has 0 aromatic rings. The molecule has 90 valence electrons. The van der Waals surface area contributed by atoms with Crippen LogP contribution in [0.4, 0.5) is 22.0 Å². The van der Waals surface area contributed by atoms with Crippen LogP contribution in [0, 0.1) is 5.92 Å². The van der Waals surface area contributed by atoms with Crippen LogP contribution in [0.3, 0.4) is 0 Å². The van der Waals surface area contributed by atoms with Crippen molar-refractivity contribution in [3.63, 3.8) is 0 Å². The number of ether oxygens (including phenoxy) is 1. The summed E-state index contributed by atoms with van der Waals surface area (Å²) < 4.78 is 64.0. The maximum absolute atomic E-state index is 12.5. The van der Waals surface area contributed by atoms with E-state index in [1.54, 1.807) is 6.92 Å². The molecule has 1 atom stereocenters. The average Bonchev–Trinajstić information content (AvgIpc) is 2.15.